The normalized spacial score (nSPS) is 26.0. The van der Waals surface area contributed by atoms with Crippen LogP contribution in [0.3, 0.4) is 0 Å². The van der Waals surface area contributed by atoms with Crippen molar-refractivity contribution in [1.29, 1.82) is 0 Å². The maximum atomic E-state index is 12.5. The lowest BCUT2D eigenvalue weighted by Gasteiger charge is -2.33. The fourth-order valence-electron chi connectivity index (χ4n) is 3.54. The topological polar surface area (TPSA) is 69.7 Å². The van der Waals surface area contributed by atoms with E-state index in [-0.39, 0.29) is 5.91 Å². The second-order valence-electron chi connectivity index (χ2n) is 6.44. The van der Waals surface area contributed by atoms with Gasteiger partial charge in [0.2, 0.25) is 15.9 Å². The molecule has 0 spiro atoms. The minimum Gasteiger partial charge on any atom is -0.353 e. The van der Waals surface area contributed by atoms with Gasteiger partial charge in [0.25, 0.3) is 0 Å². The quantitative estimate of drug-likeness (QED) is 0.781. The van der Waals surface area contributed by atoms with Gasteiger partial charge in [-0.15, -0.1) is 0 Å². The summed E-state index contributed by atoms with van der Waals surface area (Å²) >= 11 is 0. The SMILES string of the molecule is CCC(CNC(=O)C1CCCCN1S(C)(=O)=O)N1CCCC1. The largest absolute Gasteiger partial charge is 0.353 e. The number of nitrogens with zero attached hydrogens (tertiary/aromatic N) is 2. The predicted octanol–water partition coefficient (Wildman–Crippen LogP) is 0.791. The Balaban J connectivity index is 1.92. The fourth-order valence-corrected chi connectivity index (χ4v) is 4.66. The third kappa shape index (κ3) is 4.43. The van der Waals surface area contributed by atoms with Crippen LogP contribution in [0.5, 0.6) is 0 Å². The van der Waals surface area contributed by atoms with E-state index in [1.807, 2.05) is 0 Å². The van der Waals surface area contributed by atoms with Crippen LogP contribution in [0.1, 0.15) is 45.4 Å². The molecule has 2 aliphatic rings. The van der Waals surface area contributed by atoms with Crippen molar-refractivity contribution in [1.82, 2.24) is 14.5 Å². The zero-order chi connectivity index (χ0) is 16.2. The molecule has 0 aliphatic carbocycles. The molecule has 2 aliphatic heterocycles. The zero-order valence-electron chi connectivity index (χ0n) is 13.8. The van der Waals surface area contributed by atoms with E-state index in [0.29, 0.717) is 25.6 Å². The number of nitrogens with one attached hydrogen (secondary N) is 1. The Morgan fingerprint density at radius 3 is 2.41 bits per heavy atom. The first kappa shape index (κ1) is 17.7. The predicted molar refractivity (Wildman–Crippen MR) is 87.1 cm³/mol. The molecule has 128 valence electrons. The van der Waals surface area contributed by atoms with Crippen LogP contribution in [0.15, 0.2) is 0 Å². The molecule has 2 atom stereocenters. The van der Waals surface area contributed by atoms with E-state index in [0.717, 1.165) is 32.4 Å². The van der Waals surface area contributed by atoms with Crippen molar-refractivity contribution in [3.63, 3.8) is 0 Å². The van der Waals surface area contributed by atoms with Gasteiger partial charge in [0.15, 0.2) is 0 Å². The van der Waals surface area contributed by atoms with Gasteiger partial charge >= 0.3 is 0 Å². The minimum atomic E-state index is -3.32. The Morgan fingerprint density at radius 2 is 1.82 bits per heavy atom. The molecule has 0 aromatic rings. The number of sulfonamides is 1. The van der Waals surface area contributed by atoms with Gasteiger partial charge < -0.3 is 5.32 Å². The van der Waals surface area contributed by atoms with Crippen LogP contribution in [0.2, 0.25) is 0 Å². The van der Waals surface area contributed by atoms with Gasteiger partial charge in [-0.05, 0) is 45.2 Å². The molecule has 0 radical (unpaired) electrons. The number of carbonyl (C=O) groups is 1. The first-order valence-corrected chi connectivity index (χ1v) is 10.3. The molecule has 0 saturated carbocycles. The average Bonchev–Trinajstić information content (AvgIpc) is 3.01. The summed E-state index contributed by atoms with van der Waals surface area (Å²) in [5, 5.41) is 3.00. The summed E-state index contributed by atoms with van der Waals surface area (Å²) in [5.74, 6) is -0.136. The molecule has 2 fully saturated rings. The maximum absolute atomic E-state index is 12.5. The lowest BCUT2D eigenvalue weighted by molar-refractivity contribution is -0.125. The van der Waals surface area contributed by atoms with Crippen molar-refractivity contribution in [2.75, 3.05) is 32.4 Å². The van der Waals surface area contributed by atoms with E-state index in [1.54, 1.807) is 0 Å². The summed E-state index contributed by atoms with van der Waals surface area (Å²) in [5.41, 5.74) is 0. The van der Waals surface area contributed by atoms with E-state index in [4.69, 9.17) is 0 Å². The highest BCUT2D eigenvalue weighted by Gasteiger charge is 2.34. The summed E-state index contributed by atoms with van der Waals surface area (Å²) in [4.78, 5) is 14.9. The molecule has 1 amide bonds. The van der Waals surface area contributed by atoms with Gasteiger partial charge in [-0.1, -0.05) is 13.3 Å². The number of hydrogen-bond acceptors (Lipinski definition) is 4. The van der Waals surface area contributed by atoms with Crippen molar-refractivity contribution in [3.8, 4) is 0 Å². The molecule has 0 aromatic heterocycles. The number of hydrogen-bond donors (Lipinski definition) is 1. The van der Waals surface area contributed by atoms with E-state index in [2.05, 4.69) is 17.1 Å². The van der Waals surface area contributed by atoms with Crippen LogP contribution >= 0.6 is 0 Å². The Hall–Kier alpha value is -0.660. The third-order valence-electron chi connectivity index (χ3n) is 4.82. The molecular weight excluding hydrogens is 302 g/mol. The summed E-state index contributed by atoms with van der Waals surface area (Å²) in [6, 6.07) is -0.165. The monoisotopic (exact) mass is 331 g/mol. The Kier molecular flexibility index (Phi) is 6.23. The summed E-state index contributed by atoms with van der Waals surface area (Å²) in [7, 11) is -3.32. The number of carbonyl (C=O) groups excluding carboxylic acids is 1. The molecular formula is C15H29N3O3S. The number of rotatable bonds is 6. The molecule has 1 N–H and O–H groups in total. The van der Waals surface area contributed by atoms with Crippen molar-refractivity contribution in [2.24, 2.45) is 0 Å². The van der Waals surface area contributed by atoms with E-state index in [1.165, 1.54) is 23.4 Å². The lowest BCUT2D eigenvalue weighted by Crippen LogP contribution is -2.53. The molecule has 2 rings (SSSR count). The third-order valence-corrected chi connectivity index (χ3v) is 6.11. The van der Waals surface area contributed by atoms with Crippen LogP contribution in [0, 0.1) is 0 Å². The second-order valence-corrected chi connectivity index (χ2v) is 8.37. The van der Waals surface area contributed by atoms with E-state index >= 15 is 0 Å². The number of amides is 1. The number of piperidine rings is 1. The first-order valence-electron chi connectivity index (χ1n) is 8.42. The summed E-state index contributed by atoms with van der Waals surface area (Å²) in [6.45, 7) is 5.42. The Labute approximate surface area is 134 Å². The zero-order valence-corrected chi connectivity index (χ0v) is 14.6. The van der Waals surface area contributed by atoms with E-state index < -0.39 is 16.1 Å². The van der Waals surface area contributed by atoms with Gasteiger partial charge in [0.05, 0.1) is 6.26 Å². The Bertz CT molecular complexity index is 474. The van der Waals surface area contributed by atoms with Crippen LogP contribution in [0.4, 0.5) is 0 Å². The van der Waals surface area contributed by atoms with Crippen LogP contribution in [-0.2, 0) is 14.8 Å². The molecule has 7 heteroatoms. The highest BCUT2D eigenvalue weighted by atomic mass is 32.2. The maximum Gasteiger partial charge on any atom is 0.238 e. The number of likely N-dealkylation sites (tertiary alicyclic amines) is 1. The molecule has 2 unspecified atom stereocenters. The molecule has 6 nitrogen and oxygen atoms in total. The van der Waals surface area contributed by atoms with Gasteiger partial charge in [-0.2, -0.15) is 4.31 Å². The summed E-state index contributed by atoms with van der Waals surface area (Å²) in [6.07, 6.45) is 7.03. The smallest absolute Gasteiger partial charge is 0.238 e. The Morgan fingerprint density at radius 1 is 1.18 bits per heavy atom. The van der Waals surface area contributed by atoms with Gasteiger partial charge in [-0.25, -0.2) is 8.42 Å². The molecule has 2 heterocycles. The standard InChI is InChI=1S/C15H29N3O3S/c1-3-13(17-9-6-7-10-17)12-16-15(19)14-8-4-5-11-18(14)22(2,20)21/h13-14H,3-12H2,1-2H3,(H,16,19). The van der Waals surface area contributed by atoms with Crippen molar-refractivity contribution in [2.45, 2.75) is 57.5 Å². The first-order chi connectivity index (χ1) is 10.4. The second kappa shape index (κ2) is 7.75. The fraction of sp³-hybridized carbons (Fsp3) is 0.933. The molecule has 2 saturated heterocycles. The average molecular weight is 331 g/mol. The van der Waals surface area contributed by atoms with Crippen LogP contribution in [0.25, 0.3) is 0 Å². The van der Waals surface area contributed by atoms with Gasteiger partial charge in [0, 0.05) is 19.1 Å². The summed E-state index contributed by atoms with van der Waals surface area (Å²) < 4.78 is 25.0. The van der Waals surface area contributed by atoms with Gasteiger partial charge in [-0.3, -0.25) is 9.69 Å². The highest BCUT2D eigenvalue weighted by molar-refractivity contribution is 7.88. The molecule has 0 bridgehead atoms. The minimum absolute atomic E-state index is 0.136. The van der Waals surface area contributed by atoms with Gasteiger partial charge in [0.1, 0.15) is 6.04 Å². The van der Waals surface area contributed by atoms with Crippen LogP contribution in [-0.4, -0.2) is 68.0 Å². The van der Waals surface area contributed by atoms with Crippen molar-refractivity contribution < 1.29 is 13.2 Å². The van der Waals surface area contributed by atoms with E-state index in [9.17, 15) is 13.2 Å². The van der Waals surface area contributed by atoms with Crippen LogP contribution < -0.4 is 5.32 Å². The highest BCUT2D eigenvalue weighted by Crippen LogP contribution is 2.20. The molecule has 22 heavy (non-hydrogen) atoms. The van der Waals surface area contributed by atoms with Crippen molar-refractivity contribution >= 4 is 15.9 Å². The lowest BCUT2D eigenvalue weighted by atomic mass is 10.0. The van der Waals surface area contributed by atoms with Crippen molar-refractivity contribution in [3.05, 3.63) is 0 Å². The molecule has 0 aromatic carbocycles.